The third-order valence-electron chi connectivity index (χ3n) is 4.77. The fourth-order valence-electron chi connectivity index (χ4n) is 3.43. The number of carbonyl (C=O) groups is 1. The van der Waals surface area contributed by atoms with Gasteiger partial charge in [-0.05, 0) is 23.8 Å². The fraction of sp³-hybridized carbons (Fsp3) is 0.263. The minimum absolute atomic E-state index is 0.0976. The maximum atomic E-state index is 15.0. The second kappa shape index (κ2) is 6.17. The lowest BCUT2D eigenvalue weighted by Crippen LogP contribution is -2.45. The Bertz CT molecular complexity index is 969. The van der Waals surface area contributed by atoms with Gasteiger partial charge in [-0.3, -0.25) is 4.79 Å². The van der Waals surface area contributed by atoms with E-state index in [4.69, 9.17) is 5.73 Å². The molecule has 26 heavy (non-hydrogen) atoms. The first-order valence-corrected chi connectivity index (χ1v) is 8.39. The van der Waals surface area contributed by atoms with Crippen LogP contribution in [0.1, 0.15) is 22.3 Å². The first-order valence-electron chi connectivity index (χ1n) is 8.39. The van der Waals surface area contributed by atoms with E-state index in [1.807, 2.05) is 6.07 Å². The molecule has 1 aliphatic rings. The second-order valence-electron chi connectivity index (χ2n) is 6.63. The van der Waals surface area contributed by atoms with Crippen LogP contribution in [-0.4, -0.2) is 34.9 Å². The Morgan fingerprint density at radius 3 is 2.73 bits per heavy atom. The molecular weight excluding hydrogens is 338 g/mol. The van der Waals surface area contributed by atoms with E-state index in [1.54, 1.807) is 47.3 Å². The van der Waals surface area contributed by atoms with Gasteiger partial charge in [-0.1, -0.05) is 24.3 Å². The van der Waals surface area contributed by atoms with Crippen LogP contribution in [0.15, 0.2) is 48.7 Å². The molecule has 0 spiro atoms. The van der Waals surface area contributed by atoms with Gasteiger partial charge >= 0.3 is 0 Å². The van der Waals surface area contributed by atoms with Crippen LogP contribution in [0, 0.1) is 0 Å². The molecule has 2 atom stereocenters. The van der Waals surface area contributed by atoms with E-state index in [1.165, 1.54) is 0 Å². The Morgan fingerprint density at radius 1 is 1.27 bits per heavy atom. The van der Waals surface area contributed by atoms with Crippen LogP contribution in [0.3, 0.4) is 0 Å². The van der Waals surface area contributed by atoms with Crippen molar-refractivity contribution in [2.24, 2.45) is 5.73 Å². The van der Waals surface area contributed by atoms with Crippen molar-refractivity contribution < 1.29 is 13.6 Å². The Morgan fingerprint density at radius 2 is 2.04 bits per heavy atom. The summed E-state index contributed by atoms with van der Waals surface area (Å²) >= 11 is 0. The Hall–Kier alpha value is -2.80. The summed E-state index contributed by atoms with van der Waals surface area (Å²) in [6.45, 7) is 0.284. The molecule has 0 radical (unpaired) electrons. The summed E-state index contributed by atoms with van der Waals surface area (Å²) in [7, 11) is 0. The molecule has 2 heterocycles. The minimum Gasteiger partial charge on any atom is -0.366 e. The predicted octanol–water partition coefficient (Wildman–Crippen LogP) is 2.62. The quantitative estimate of drug-likeness (QED) is 0.758. The number of nitrogens with two attached hydrogens (primary N) is 1. The van der Waals surface area contributed by atoms with Crippen LogP contribution in [0.5, 0.6) is 0 Å². The summed E-state index contributed by atoms with van der Waals surface area (Å²) in [4.78, 5) is 11.5. The van der Waals surface area contributed by atoms with Gasteiger partial charge in [0, 0.05) is 31.1 Å². The molecule has 0 unspecified atom stereocenters. The minimum atomic E-state index is -1.72. The van der Waals surface area contributed by atoms with E-state index in [9.17, 15) is 9.18 Å². The van der Waals surface area contributed by atoms with E-state index >= 15 is 4.39 Å². The maximum Gasteiger partial charge on any atom is 0.250 e. The first kappa shape index (κ1) is 16.7. The van der Waals surface area contributed by atoms with Crippen molar-refractivity contribution in [3.05, 3.63) is 59.8 Å². The normalized spacial score (nSPS) is 23.2. The number of nitrogens with zero attached hydrogens (tertiary/aromatic N) is 2. The van der Waals surface area contributed by atoms with Gasteiger partial charge in [0.15, 0.2) is 5.67 Å². The molecule has 1 fully saturated rings. The van der Waals surface area contributed by atoms with Gasteiger partial charge in [0.05, 0.1) is 11.3 Å². The monoisotopic (exact) mass is 356 g/mol. The first-order chi connectivity index (χ1) is 12.5. The van der Waals surface area contributed by atoms with Crippen LogP contribution in [0.25, 0.3) is 16.6 Å². The van der Waals surface area contributed by atoms with Gasteiger partial charge in [-0.25, -0.2) is 13.5 Å². The van der Waals surface area contributed by atoms with E-state index in [0.717, 1.165) is 5.39 Å². The highest BCUT2D eigenvalue weighted by Crippen LogP contribution is 2.34. The van der Waals surface area contributed by atoms with Gasteiger partial charge in [-0.15, -0.1) is 0 Å². The Balaban J connectivity index is 1.68. The van der Waals surface area contributed by atoms with Crippen molar-refractivity contribution in [3.8, 4) is 5.69 Å². The van der Waals surface area contributed by atoms with Crippen molar-refractivity contribution in [2.45, 2.75) is 18.3 Å². The van der Waals surface area contributed by atoms with Crippen LogP contribution < -0.4 is 11.1 Å². The molecule has 5 nitrogen and oxygen atoms in total. The number of halogens is 2. The topological polar surface area (TPSA) is 72.9 Å². The number of hydrogen-bond donors (Lipinski definition) is 2. The summed E-state index contributed by atoms with van der Waals surface area (Å²) in [6.07, 6.45) is 0.436. The molecule has 3 aromatic rings. The summed E-state index contributed by atoms with van der Waals surface area (Å²) in [5, 5.41) is 8.00. The molecule has 4 rings (SSSR count). The molecule has 1 amide bonds. The number of fused-ring (bicyclic) bond motifs is 1. The molecule has 1 saturated heterocycles. The van der Waals surface area contributed by atoms with Crippen LogP contribution in [0.2, 0.25) is 0 Å². The molecule has 1 aliphatic heterocycles. The predicted molar refractivity (Wildman–Crippen MR) is 94.8 cm³/mol. The number of amides is 1. The summed E-state index contributed by atoms with van der Waals surface area (Å²) in [5.41, 5.74) is 5.69. The summed E-state index contributed by atoms with van der Waals surface area (Å²) in [6, 6.07) is 12.0. The van der Waals surface area contributed by atoms with Crippen molar-refractivity contribution in [1.29, 1.82) is 0 Å². The standard InChI is InChI=1S/C19H18F2N4O/c20-14-8-19(21,11-23-9-14)13-4-6-15(7-5-13)25-10-12-2-1-3-16(18(22)26)17(12)24-25/h1-7,10,14,23H,8-9,11H2,(H2,22,26)/t14-,19-/m0/s1. The summed E-state index contributed by atoms with van der Waals surface area (Å²) in [5.74, 6) is -0.541. The molecule has 2 aromatic carbocycles. The summed E-state index contributed by atoms with van der Waals surface area (Å²) < 4.78 is 30.2. The SMILES string of the molecule is NC(=O)c1cccc2cn(-c3ccc([C@@]4(F)CNC[C@@H](F)C4)cc3)nc12. The highest BCUT2D eigenvalue weighted by molar-refractivity contribution is 6.04. The van der Waals surface area contributed by atoms with Crippen molar-refractivity contribution in [3.63, 3.8) is 0 Å². The van der Waals surface area contributed by atoms with Gasteiger partial charge in [0.2, 0.25) is 0 Å². The number of hydrogen-bond acceptors (Lipinski definition) is 3. The van der Waals surface area contributed by atoms with E-state index in [2.05, 4.69) is 10.4 Å². The number of benzene rings is 2. The molecule has 0 aliphatic carbocycles. The number of alkyl halides is 2. The van der Waals surface area contributed by atoms with Gasteiger partial charge < -0.3 is 11.1 Å². The lowest BCUT2D eigenvalue weighted by Gasteiger charge is -2.32. The molecule has 134 valence electrons. The molecule has 0 saturated carbocycles. The third-order valence-corrected chi connectivity index (χ3v) is 4.77. The molecule has 0 bridgehead atoms. The van der Waals surface area contributed by atoms with Crippen molar-refractivity contribution in [2.75, 3.05) is 13.1 Å². The zero-order chi connectivity index (χ0) is 18.3. The molecule has 7 heteroatoms. The van der Waals surface area contributed by atoms with Crippen LogP contribution >= 0.6 is 0 Å². The molecular formula is C19H18F2N4O. The fourth-order valence-corrected chi connectivity index (χ4v) is 3.43. The largest absolute Gasteiger partial charge is 0.366 e. The van der Waals surface area contributed by atoms with Crippen LogP contribution in [0.4, 0.5) is 8.78 Å². The van der Waals surface area contributed by atoms with Crippen LogP contribution in [-0.2, 0) is 5.67 Å². The third kappa shape index (κ3) is 2.84. The number of nitrogens with one attached hydrogen (secondary N) is 1. The number of primary amides is 1. The highest BCUT2D eigenvalue weighted by Gasteiger charge is 2.38. The van der Waals surface area contributed by atoms with Gasteiger partial charge in [0.25, 0.3) is 5.91 Å². The maximum absolute atomic E-state index is 15.0. The van der Waals surface area contributed by atoms with Gasteiger partial charge in [-0.2, -0.15) is 5.10 Å². The Labute approximate surface area is 148 Å². The average molecular weight is 356 g/mol. The van der Waals surface area contributed by atoms with Gasteiger partial charge in [0.1, 0.15) is 11.7 Å². The smallest absolute Gasteiger partial charge is 0.250 e. The van der Waals surface area contributed by atoms with E-state index in [-0.39, 0.29) is 19.5 Å². The number of aromatic nitrogens is 2. The van der Waals surface area contributed by atoms with Crippen molar-refractivity contribution in [1.82, 2.24) is 15.1 Å². The van der Waals surface area contributed by atoms with Crippen molar-refractivity contribution >= 4 is 16.8 Å². The van der Waals surface area contributed by atoms with E-state index < -0.39 is 17.7 Å². The molecule has 1 aromatic heterocycles. The average Bonchev–Trinajstić information content (AvgIpc) is 3.05. The Kier molecular flexibility index (Phi) is 3.96. The lowest BCUT2D eigenvalue weighted by atomic mass is 9.87. The second-order valence-corrected chi connectivity index (χ2v) is 6.63. The lowest BCUT2D eigenvalue weighted by molar-refractivity contribution is 0.0711. The number of rotatable bonds is 3. The zero-order valence-electron chi connectivity index (χ0n) is 14.0. The molecule has 3 N–H and O–H groups in total. The zero-order valence-corrected chi connectivity index (χ0v) is 14.0. The number of carbonyl (C=O) groups excluding carboxylic acids is 1. The number of piperidine rings is 1. The highest BCUT2D eigenvalue weighted by atomic mass is 19.2. The van der Waals surface area contributed by atoms with E-state index in [0.29, 0.717) is 22.3 Å².